The van der Waals surface area contributed by atoms with Crippen LogP contribution in [0.4, 0.5) is 0 Å². The van der Waals surface area contributed by atoms with Crippen molar-refractivity contribution in [2.45, 2.75) is 112 Å². The number of fused-ring (bicyclic) bond motifs is 3. The number of hydrogen-bond acceptors (Lipinski definition) is 1. The van der Waals surface area contributed by atoms with Gasteiger partial charge in [0.2, 0.25) is 0 Å². The summed E-state index contributed by atoms with van der Waals surface area (Å²) in [6.45, 7) is 22.0. The van der Waals surface area contributed by atoms with E-state index >= 15 is 0 Å². The third-order valence-electron chi connectivity index (χ3n) is 10.2. The van der Waals surface area contributed by atoms with Crippen LogP contribution in [0.15, 0.2) is 35.5 Å². The van der Waals surface area contributed by atoms with Crippen LogP contribution in [0.5, 0.6) is 0 Å². The second kappa shape index (κ2) is 8.85. The Morgan fingerprint density at radius 2 is 1.48 bits per heavy atom. The number of rotatable bonds is 1. The number of allylic oxidation sites excluding steroid dienone is 5. The molecule has 7 rings (SSSR count). The molecule has 4 unspecified atom stereocenters. The molecule has 4 saturated carbocycles. The van der Waals surface area contributed by atoms with Gasteiger partial charge in [0.1, 0.15) is 0 Å². The van der Waals surface area contributed by atoms with E-state index < -0.39 is 5.60 Å². The van der Waals surface area contributed by atoms with Gasteiger partial charge < -0.3 is 5.11 Å². The lowest BCUT2D eigenvalue weighted by atomic mass is 9.47. The summed E-state index contributed by atoms with van der Waals surface area (Å²) in [6, 6.07) is 0. The summed E-state index contributed by atoms with van der Waals surface area (Å²) in [7, 11) is 0. The lowest BCUT2D eigenvalue weighted by Crippen LogP contribution is -2.48. The predicted molar refractivity (Wildman–Crippen MR) is 135 cm³/mol. The zero-order chi connectivity index (χ0) is 23.2. The summed E-state index contributed by atoms with van der Waals surface area (Å²) >= 11 is 0. The lowest BCUT2D eigenvalue weighted by Gasteiger charge is -2.57. The molecule has 0 heterocycles. The van der Waals surface area contributed by atoms with Gasteiger partial charge >= 0.3 is 0 Å². The molecular formula is C30H50O. The van der Waals surface area contributed by atoms with Crippen LogP contribution in [0.2, 0.25) is 0 Å². The van der Waals surface area contributed by atoms with Gasteiger partial charge in [-0.25, -0.2) is 0 Å². The second-order valence-electron chi connectivity index (χ2n) is 13.2. The zero-order valence-corrected chi connectivity index (χ0v) is 21.9. The van der Waals surface area contributed by atoms with Gasteiger partial charge in [-0.1, -0.05) is 63.1 Å². The minimum Gasteiger partial charge on any atom is -0.390 e. The SMILES string of the molecule is C=C1CCC2CC1C2(C)C.CC1=CCC2CC1C2(C)C.CC1=CC[C@H](C(C)(C)O)CC1. The first-order valence-corrected chi connectivity index (χ1v) is 13.0. The first-order valence-electron chi connectivity index (χ1n) is 13.0. The molecule has 176 valence electrons. The van der Waals surface area contributed by atoms with Gasteiger partial charge in [0.15, 0.2) is 0 Å². The van der Waals surface area contributed by atoms with E-state index in [0.717, 1.165) is 42.9 Å². The molecule has 31 heavy (non-hydrogen) atoms. The van der Waals surface area contributed by atoms with Crippen LogP contribution in [0.25, 0.3) is 0 Å². The van der Waals surface area contributed by atoms with E-state index in [2.05, 4.69) is 60.3 Å². The summed E-state index contributed by atoms with van der Waals surface area (Å²) in [4.78, 5) is 0. The topological polar surface area (TPSA) is 20.2 Å². The van der Waals surface area contributed by atoms with Crippen molar-refractivity contribution in [2.24, 2.45) is 40.4 Å². The van der Waals surface area contributed by atoms with Crippen molar-refractivity contribution >= 4 is 0 Å². The molecule has 1 heteroatoms. The first kappa shape index (κ1) is 24.8. The minimum absolute atomic E-state index is 0.464. The van der Waals surface area contributed by atoms with E-state index in [1.807, 2.05) is 13.8 Å². The molecule has 0 aromatic rings. The van der Waals surface area contributed by atoms with Gasteiger partial charge in [-0.3, -0.25) is 0 Å². The van der Waals surface area contributed by atoms with Gasteiger partial charge in [-0.05, 0) is 119 Å². The summed E-state index contributed by atoms with van der Waals surface area (Å²) in [6.07, 6.45) is 15.0. The van der Waals surface area contributed by atoms with Crippen molar-refractivity contribution < 1.29 is 5.11 Å². The molecule has 0 aromatic heterocycles. The average molecular weight is 427 g/mol. The van der Waals surface area contributed by atoms with Gasteiger partial charge in [-0.15, -0.1) is 0 Å². The summed E-state index contributed by atoms with van der Waals surface area (Å²) in [5.41, 5.74) is 5.40. The van der Waals surface area contributed by atoms with Crippen LogP contribution in [-0.4, -0.2) is 10.7 Å². The van der Waals surface area contributed by atoms with Crippen molar-refractivity contribution in [1.29, 1.82) is 0 Å². The van der Waals surface area contributed by atoms with E-state index in [9.17, 15) is 5.11 Å². The largest absolute Gasteiger partial charge is 0.390 e. The standard InChI is InChI=1S/C10H18O.2C10H16/c1-8-4-6-9(7-5-8)10(2,3)11;2*1-7-4-5-8-6-9(7)10(8,2)3/h4,9,11H,5-7H2,1-3H3;4,8-9H,5-6H2,1-3H3;8-9H,1,4-6H2,2-3H3/t9-;;/m0../s1. The smallest absolute Gasteiger partial charge is 0.0622 e. The fraction of sp³-hybridized carbons (Fsp3) is 0.800. The molecule has 0 saturated heterocycles. The van der Waals surface area contributed by atoms with Gasteiger partial charge in [-0.2, -0.15) is 0 Å². The van der Waals surface area contributed by atoms with Crippen LogP contribution < -0.4 is 0 Å². The van der Waals surface area contributed by atoms with Crippen LogP contribution in [0.3, 0.4) is 0 Å². The number of hydrogen-bond donors (Lipinski definition) is 1. The highest BCUT2D eigenvalue weighted by molar-refractivity contribution is 5.21. The third-order valence-corrected chi connectivity index (χ3v) is 10.2. The van der Waals surface area contributed by atoms with Crippen LogP contribution >= 0.6 is 0 Å². The monoisotopic (exact) mass is 426 g/mol. The maximum atomic E-state index is 9.70. The summed E-state index contributed by atoms with van der Waals surface area (Å²) in [5, 5.41) is 9.70. The summed E-state index contributed by atoms with van der Waals surface area (Å²) < 4.78 is 0. The van der Waals surface area contributed by atoms with Crippen molar-refractivity contribution in [3.8, 4) is 0 Å². The van der Waals surface area contributed by atoms with E-state index in [-0.39, 0.29) is 0 Å². The highest BCUT2D eigenvalue weighted by atomic mass is 16.3. The molecule has 0 amide bonds. The highest BCUT2D eigenvalue weighted by Gasteiger charge is 2.51. The van der Waals surface area contributed by atoms with Crippen LogP contribution in [-0.2, 0) is 0 Å². The first-order chi connectivity index (χ1) is 14.2. The molecule has 4 bridgehead atoms. The Morgan fingerprint density at radius 3 is 1.81 bits per heavy atom. The average Bonchev–Trinajstić information content (AvgIpc) is 2.68. The Hall–Kier alpha value is -0.820. The Morgan fingerprint density at radius 1 is 0.871 bits per heavy atom. The fourth-order valence-electron chi connectivity index (χ4n) is 7.00. The van der Waals surface area contributed by atoms with Gasteiger partial charge in [0.05, 0.1) is 5.60 Å². The van der Waals surface area contributed by atoms with Crippen LogP contribution in [0, 0.1) is 40.4 Å². The Balaban J connectivity index is 0.000000132. The molecule has 7 aliphatic carbocycles. The maximum Gasteiger partial charge on any atom is 0.0622 e. The molecule has 1 N–H and O–H groups in total. The highest BCUT2D eigenvalue weighted by Crippen LogP contribution is 2.61. The zero-order valence-electron chi connectivity index (χ0n) is 21.9. The molecule has 4 fully saturated rings. The number of aliphatic hydroxyl groups is 1. The van der Waals surface area contributed by atoms with Gasteiger partial charge in [0.25, 0.3) is 0 Å². The molecule has 5 atom stereocenters. The lowest BCUT2D eigenvalue weighted by molar-refractivity contribution is -0.0273. The van der Waals surface area contributed by atoms with E-state index in [1.165, 1.54) is 43.3 Å². The second-order valence-corrected chi connectivity index (χ2v) is 13.2. The van der Waals surface area contributed by atoms with E-state index in [4.69, 9.17) is 0 Å². The molecular weight excluding hydrogens is 376 g/mol. The van der Waals surface area contributed by atoms with Crippen LogP contribution in [0.1, 0.15) is 107 Å². The fourth-order valence-corrected chi connectivity index (χ4v) is 7.00. The molecule has 7 aliphatic rings. The van der Waals surface area contributed by atoms with Crippen molar-refractivity contribution in [3.05, 3.63) is 35.5 Å². The quantitative estimate of drug-likeness (QED) is 0.417. The van der Waals surface area contributed by atoms with E-state index in [1.54, 1.807) is 5.57 Å². The predicted octanol–water partition coefficient (Wildman–Crippen LogP) is 8.50. The molecule has 0 aromatic carbocycles. The molecule has 0 spiro atoms. The minimum atomic E-state index is -0.489. The van der Waals surface area contributed by atoms with Crippen molar-refractivity contribution in [2.75, 3.05) is 0 Å². The van der Waals surface area contributed by atoms with Crippen molar-refractivity contribution in [1.82, 2.24) is 0 Å². The van der Waals surface area contributed by atoms with Gasteiger partial charge in [0, 0.05) is 0 Å². The van der Waals surface area contributed by atoms with Crippen molar-refractivity contribution in [3.63, 3.8) is 0 Å². The Labute approximate surface area is 193 Å². The third kappa shape index (κ3) is 5.07. The molecule has 0 radical (unpaired) electrons. The normalized spacial score (nSPS) is 36.8. The summed E-state index contributed by atoms with van der Waals surface area (Å²) in [5.74, 6) is 4.27. The Bertz CT molecular complexity index is 722. The maximum absolute atomic E-state index is 9.70. The van der Waals surface area contributed by atoms with E-state index in [0.29, 0.717) is 16.7 Å². The molecule has 1 nitrogen and oxygen atoms in total. The Kier molecular flexibility index (Phi) is 7.08. The molecule has 0 aliphatic heterocycles.